The van der Waals surface area contributed by atoms with Gasteiger partial charge < -0.3 is 4.74 Å². The molecule has 0 aliphatic carbocycles. The molecule has 1 aromatic heterocycles. The number of aromatic nitrogens is 1. The number of thiazole rings is 1. The van der Waals surface area contributed by atoms with Gasteiger partial charge in [-0.1, -0.05) is 41.1 Å². The molecule has 5 rings (SSSR count). The van der Waals surface area contributed by atoms with E-state index in [-0.39, 0.29) is 17.3 Å². The second-order valence-corrected chi connectivity index (χ2v) is 13.1. The van der Waals surface area contributed by atoms with Gasteiger partial charge in [-0.15, -0.1) is 0 Å². The van der Waals surface area contributed by atoms with Gasteiger partial charge in [-0.25, -0.2) is 13.4 Å². The molecule has 1 saturated heterocycles. The summed E-state index contributed by atoms with van der Waals surface area (Å²) in [7, 11) is -3.80. The number of ether oxygens (including phenoxy) is 1. The zero-order valence-corrected chi connectivity index (χ0v) is 25.5. The number of anilines is 2. The van der Waals surface area contributed by atoms with Gasteiger partial charge in [-0.2, -0.15) is 0 Å². The number of carbonyl (C=O) groups is 1. The second-order valence-electron chi connectivity index (χ2n) is 9.81. The molecule has 0 radical (unpaired) electrons. The highest BCUT2D eigenvalue weighted by atomic mass is 35.5. The van der Waals surface area contributed by atoms with Gasteiger partial charge in [0.25, 0.3) is 15.9 Å². The van der Waals surface area contributed by atoms with E-state index >= 15 is 0 Å². The van der Waals surface area contributed by atoms with Crippen molar-refractivity contribution < 1.29 is 17.9 Å². The van der Waals surface area contributed by atoms with Crippen LogP contribution in [0, 0.1) is 6.92 Å². The molecule has 8 nitrogen and oxygen atoms in total. The first-order valence-electron chi connectivity index (χ1n) is 13.6. The van der Waals surface area contributed by atoms with Gasteiger partial charge in [0.1, 0.15) is 0 Å². The summed E-state index contributed by atoms with van der Waals surface area (Å²) >= 11 is 7.79. The quantitative estimate of drug-likeness (QED) is 0.224. The number of fused-ring (bicyclic) bond motifs is 1. The van der Waals surface area contributed by atoms with Crippen LogP contribution >= 0.6 is 22.9 Å². The molecule has 1 aliphatic rings. The van der Waals surface area contributed by atoms with Crippen LogP contribution in [0.1, 0.15) is 29.3 Å². The summed E-state index contributed by atoms with van der Waals surface area (Å²) < 4.78 is 34.7. The average molecular weight is 613 g/mol. The van der Waals surface area contributed by atoms with Crippen molar-refractivity contribution in [1.29, 1.82) is 0 Å². The van der Waals surface area contributed by atoms with Crippen LogP contribution in [0.2, 0.25) is 5.02 Å². The highest BCUT2D eigenvalue weighted by molar-refractivity contribution is 7.92. The Hall–Kier alpha value is -3.02. The van der Waals surface area contributed by atoms with Gasteiger partial charge in [0.2, 0.25) is 0 Å². The number of para-hydroxylation sites is 1. The number of sulfonamides is 1. The molecule has 4 aromatic rings. The largest absolute Gasteiger partial charge is 0.379 e. The molecule has 3 aromatic carbocycles. The van der Waals surface area contributed by atoms with Gasteiger partial charge in [-0.05, 0) is 74.4 Å². The number of benzene rings is 3. The van der Waals surface area contributed by atoms with Crippen molar-refractivity contribution in [3.8, 4) is 0 Å². The smallest absolute Gasteiger partial charge is 0.264 e. The number of halogens is 1. The first-order chi connectivity index (χ1) is 19.8. The SMILES string of the molecule is CCN(c1ccccc1)S(=O)(=O)c1ccc(C(=O)N(CCCN2CCOCC2)c2nc3c(C)c(Cl)ccc3s2)cc1. The van der Waals surface area contributed by atoms with Crippen LogP contribution in [0.5, 0.6) is 0 Å². The van der Waals surface area contributed by atoms with Crippen molar-refractivity contribution >= 4 is 59.9 Å². The van der Waals surface area contributed by atoms with E-state index in [2.05, 4.69) is 4.90 Å². The standard InChI is InChI=1S/C30H33ClN4O4S2/c1-3-35(24-8-5-4-6-9-24)41(37,38)25-12-10-23(11-13-25)29(36)34(17-7-16-33-18-20-39-21-19-33)30-32-28-22(2)26(31)14-15-27(28)40-30/h4-6,8-15H,3,7,16-21H2,1-2H3. The Bertz CT molecular complexity index is 1610. The minimum Gasteiger partial charge on any atom is -0.379 e. The van der Waals surface area contributed by atoms with E-state index in [1.165, 1.54) is 27.8 Å². The summed E-state index contributed by atoms with van der Waals surface area (Å²) in [5.41, 5.74) is 2.64. The van der Waals surface area contributed by atoms with Gasteiger partial charge >= 0.3 is 0 Å². The van der Waals surface area contributed by atoms with Crippen molar-refractivity contribution in [2.45, 2.75) is 25.2 Å². The molecule has 0 saturated carbocycles. The molecule has 11 heteroatoms. The zero-order valence-electron chi connectivity index (χ0n) is 23.1. The van der Waals surface area contributed by atoms with Crippen LogP contribution in [0.3, 0.4) is 0 Å². The summed E-state index contributed by atoms with van der Waals surface area (Å²) in [5.74, 6) is -0.228. The Morgan fingerprint density at radius 1 is 1.05 bits per heavy atom. The molecule has 1 fully saturated rings. The predicted octanol–water partition coefficient (Wildman–Crippen LogP) is 5.84. The van der Waals surface area contributed by atoms with E-state index in [4.69, 9.17) is 21.3 Å². The number of nitrogens with zero attached hydrogens (tertiary/aromatic N) is 4. The Morgan fingerprint density at radius 2 is 1.76 bits per heavy atom. The fraction of sp³-hybridized carbons (Fsp3) is 0.333. The Morgan fingerprint density at radius 3 is 2.44 bits per heavy atom. The molecular formula is C30H33ClN4O4S2. The molecule has 0 atom stereocenters. The number of rotatable bonds is 10. The summed E-state index contributed by atoms with van der Waals surface area (Å²) in [5, 5.41) is 1.23. The molecule has 0 bridgehead atoms. The van der Waals surface area contributed by atoms with E-state index in [1.807, 2.05) is 25.1 Å². The van der Waals surface area contributed by atoms with Crippen LogP contribution in [-0.2, 0) is 14.8 Å². The zero-order chi connectivity index (χ0) is 29.0. The maximum atomic E-state index is 13.9. The molecule has 0 unspecified atom stereocenters. The van der Waals surface area contributed by atoms with Crippen LogP contribution < -0.4 is 9.21 Å². The third kappa shape index (κ3) is 6.42. The third-order valence-corrected chi connectivity index (χ3v) is 10.6. The van der Waals surface area contributed by atoms with Gasteiger partial charge in [0.15, 0.2) is 5.13 Å². The fourth-order valence-electron chi connectivity index (χ4n) is 4.90. The molecule has 41 heavy (non-hydrogen) atoms. The number of aryl methyl sites for hydroxylation is 1. The normalized spacial score (nSPS) is 14.3. The predicted molar refractivity (Wildman–Crippen MR) is 166 cm³/mol. The number of carbonyl (C=O) groups excluding carboxylic acids is 1. The van der Waals surface area contributed by atoms with Gasteiger partial charge in [-0.3, -0.25) is 18.9 Å². The van der Waals surface area contributed by atoms with E-state index in [1.54, 1.807) is 48.2 Å². The minimum atomic E-state index is -3.80. The Kier molecular flexibility index (Phi) is 9.25. The third-order valence-electron chi connectivity index (χ3n) is 7.19. The van der Waals surface area contributed by atoms with Crippen molar-refractivity contribution in [2.75, 3.05) is 55.1 Å². The molecule has 216 valence electrons. The lowest BCUT2D eigenvalue weighted by atomic mass is 10.2. The van der Waals surface area contributed by atoms with Crippen LogP contribution in [0.25, 0.3) is 10.2 Å². The number of hydrogen-bond donors (Lipinski definition) is 0. The van der Waals surface area contributed by atoms with Gasteiger partial charge in [0, 0.05) is 43.3 Å². The molecule has 0 spiro atoms. The first kappa shape index (κ1) is 29.5. The van der Waals surface area contributed by atoms with Crippen LogP contribution in [-0.4, -0.2) is 70.1 Å². The van der Waals surface area contributed by atoms with E-state index in [0.717, 1.165) is 55.0 Å². The highest BCUT2D eigenvalue weighted by Gasteiger charge is 2.26. The lowest BCUT2D eigenvalue weighted by Crippen LogP contribution is -2.39. The Balaban J connectivity index is 1.41. The number of hydrogen-bond acceptors (Lipinski definition) is 7. The van der Waals surface area contributed by atoms with Crippen molar-refractivity contribution in [3.05, 3.63) is 82.9 Å². The van der Waals surface area contributed by atoms with Crippen molar-refractivity contribution in [2.24, 2.45) is 0 Å². The lowest BCUT2D eigenvalue weighted by molar-refractivity contribution is 0.0376. The monoisotopic (exact) mass is 612 g/mol. The summed E-state index contributed by atoms with van der Waals surface area (Å²) in [6.45, 7) is 8.50. The summed E-state index contributed by atoms with van der Waals surface area (Å²) in [4.78, 5) is 22.9. The molecule has 1 amide bonds. The minimum absolute atomic E-state index is 0.129. The molecule has 0 N–H and O–H groups in total. The van der Waals surface area contributed by atoms with Gasteiger partial charge in [0.05, 0.1) is 34.0 Å². The van der Waals surface area contributed by atoms with E-state index in [0.29, 0.717) is 27.9 Å². The molecule has 2 heterocycles. The molecular weight excluding hydrogens is 580 g/mol. The average Bonchev–Trinajstić information content (AvgIpc) is 3.43. The second kappa shape index (κ2) is 12.9. The van der Waals surface area contributed by atoms with Crippen molar-refractivity contribution in [1.82, 2.24) is 9.88 Å². The topological polar surface area (TPSA) is 83.1 Å². The maximum absolute atomic E-state index is 13.9. The van der Waals surface area contributed by atoms with E-state index in [9.17, 15) is 13.2 Å². The first-order valence-corrected chi connectivity index (χ1v) is 16.3. The number of morpholine rings is 1. The highest BCUT2D eigenvalue weighted by Crippen LogP contribution is 2.34. The fourth-order valence-corrected chi connectivity index (χ4v) is 7.58. The maximum Gasteiger partial charge on any atom is 0.264 e. The summed E-state index contributed by atoms with van der Waals surface area (Å²) in [6, 6.07) is 18.9. The van der Waals surface area contributed by atoms with E-state index < -0.39 is 10.0 Å². The van der Waals surface area contributed by atoms with Crippen LogP contribution in [0.4, 0.5) is 10.8 Å². The van der Waals surface area contributed by atoms with Crippen LogP contribution in [0.15, 0.2) is 71.6 Å². The molecule has 1 aliphatic heterocycles. The lowest BCUT2D eigenvalue weighted by Gasteiger charge is -2.27. The summed E-state index contributed by atoms with van der Waals surface area (Å²) in [6.07, 6.45) is 0.760. The van der Waals surface area contributed by atoms with Crippen molar-refractivity contribution in [3.63, 3.8) is 0 Å². The Labute approximate surface area is 250 Å². The number of amides is 1.